The molecule has 0 aliphatic carbocycles. The fourth-order valence-electron chi connectivity index (χ4n) is 1.47. The summed E-state index contributed by atoms with van der Waals surface area (Å²) in [5.74, 6) is -0.519. The highest BCUT2D eigenvalue weighted by Crippen LogP contribution is 2.27. The van der Waals surface area contributed by atoms with Gasteiger partial charge in [-0.15, -0.1) is 0 Å². The predicted molar refractivity (Wildman–Crippen MR) is 78.3 cm³/mol. The molecule has 106 valence electrons. The number of hydrogen-bond acceptors (Lipinski definition) is 4. The van der Waals surface area contributed by atoms with Gasteiger partial charge in [-0.3, -0.25) is 4.72 Å². The quantitative estimate of drug-likeness (QED) is 0.825. The lowest BCUT2D eigenvalue weighted by molar-refractivity contribution is 0.599. The Morgan fingerprint density at radius 3 is 2.65 bits per heavy atom. The summed E-state index contributed by atoms with van der Waals surface area (Å²) < 4.78 is 40.0. The Labute approximate surface area is 124 Å². The van der Waals surface area contributed by atoms with Crippen molar-refractivity contribution in [2.45, 2.75) is 11.8 Å². The van der Waals surface area contributed by atoms with E-state index in [9.17, 15) is 12.8 Å². The van der Waals surface area contributed by atoms with Crippen LogP contribution in [0.15, 0.2) is 39.8 Å². The number of rotatable bonds is 3. The molecule has 0 spiro atoms. The Hall–Kier alpha value is -1.67. The van der Waals surface area contributed by atoms with E-state index < -0.39 is 15.8 Å². The number of benzene rings is 1. The Morgan fingerprint density at radius 1 is 1.35 bits per heavy atom. The Bertz CT molecular complexity index is 748. The highest BCUT2D eigenvalue weighted by Gasteiger charge is 2.20. The number of aromatic nitrogens is 1. The molecule has 0 aliphatic rings. The van der Waals surface area contributed by atoms with Crippen LogP contribution in [-0.4, -0.2) is 13.4 Å². The number of anilines is 2. The van der Waals surface area contributed by atoms with Gasteiger partial charge < -0.3 is 5.73 Å². The molecule has 0 bridgehead atoms. The van der Waals surface area contributed by atoms with E-state index in [-0.39, 0.29) is 20.9 Å². The van der Waals surface area contributed by atoms with Crippen LogP contribution in [0.3, 0.4) is 0 Å². The van der Waals surface area contributed by atoms with Crippen LogP contribution in [0.4, 0.5) is 15.9 Å². The van der Waals surface area contributed by atoms with E-state index in [0.717, 1.165) is 17.7 Å². The summed E-state index contributed by atoms with van der Waals surface area (Å²) in [6.07, 6.45) is 1.53. The monoisotopic (exact) mass is 359 g/mol. The van der Waals surface area contributed by atoms with Crippen molar-refractivity contribution in [3.63, 3.8) is 0 Å². The van der Waals surface area contributed by atoms with Crippen molar-refractivity contribution in [1.29, 1.82) is 0 Å². The number of sulfonamides is 1. The number of aryl methyl sites for hydroxylation is 1. The second-order valence-electron chi connectivity index (χ2n) is 4.13. The summed E-state index contributed by atoms with van der Waals surface area (Å²) in [5, 5.41) is 0. The van der Waals surface area contributed by atoms with Crippen LogP contribution in [0.25, 0.3) is 0 Å². The van der Waals surface area contributed by atoms with Gasteiger partial charge in [-0.25, -0.2) is 17.8 Å². The number of nitrogens with two attached hydrogens (primary N) is 1. The number of halogens is 2. The number of hydrogen-bond donors (Lipinski definition) is 2. The smallest absolute Gasteiger partial charge is 0.264 e. The zero-order chi connectivity index (χ0) is 14.9. The van der Waals surface area contributed by atoms with Crippen LogP contribution >= 0.6 is 15.9 Å². The van der Waals surface area contributed by atoms with Crippen molar-refractivity contribution in [1.82, 2.24) is 4.98 Å². The zero-order valence-electron chi connectivity index (χ0n) is 10.4. The first kappa shape index (κ1) is 14.7. The van der Waals surface area contributed by atoms with Crippen molar-refractivity contribution in [2.24, 2.45) is 0 Å². The minimum Gasteiger partial charge on any atom is -0.396 e. The number of nitrogens with one attached hydrogen (secondary N) is 1. The first-order valence-corrected chi connectivity index (χ1v) is 7.77. The third-order valence-corrected chi connectivity index (χ3v) is 4.80. The van der Waals surface area contributed by atoms with Crippen molar-refractivity contribution < 1.29 is 12.8 Å². The second-order valence-corrected chi connectivity index (χ2v) is 6.64. The molecule has 8 heteroatoms. The molecule has 1 aromatic heterocycles. The van der Waals surface area contributed by atoms with Crippen LogP contribution in [0.2, 0.25) is 0 Å². The highest BCUT2D eigenvalue weighted by molar-refractivity contribution is 9.10. The molecule has 0 amide bonds. The van der Waals surface area contributed by atoms with Gasteiger partial charge in [-0.1, -0.05) is 6.07 Å². The minimum absolute atomic E-state index is 0.0869. The van der Waals surface area contributed by atoms with Gasteiger partial charge in [-0.2, -0.15) is 0 Å². The summed E-state index contributed by atoms with van der Waals surface area (Å²) in [6, 6.07) is 5.31. The topological polar surface area (TPSA) is 85.1 Å². The molecule has 0 aliphatic heterocycles. The maximum Gasteiger partial charge on any atom is 0.264 e. The van der Waals surface area contributed by atoms with Gasteiger partial charge in [0.2, 0.25) is 0 Å². The maximum atomic E-state index is 13.2. The molecule has 0 radical (unpaired) electrons. The Morgan fingerprint density at radius 2 is 2.05 bits per heavy atom. The van der Waals surface area contributed by atoms with E-state index in [1.165, 1.54) is 12.3 Å². The molecular weight excluding hydrogens is 349 g/mol. The number of nitrogens with zero attached hydrogens (tertiary/aromatic N) is 1. The molecule has 20 heavy (non-hydrogen) atoms. The summed E-state index contributed by atoms with van der Waals surface area (Å²) in [6.45, 7) is 1.84. The molecule has 0 atom stereocenters. The molecule has 1 aromatic carbocycles. The molecule has 1 heterocycles. The van der Waals surface area contributed by atoms with E-state index in [2.05, 4.69) is 25.6 Å². The summed E-state index contributed by atoms with van der Waals surface area (Å²) in [7, 11) is -3.90. The average Bonchev–Trinajstić information content (AvgIpc) is 2.36. The van der Waals surface area contributed by atoms with Crippen LogP contribution in [0.1, 0.15) is 5.56 Å². The Kier molecular flexibility index (Phi) is 3.96. The lowest BCUT2D eigenvalue weighted by Crippen LogP contribution is -2.15. The molecule has 0 unspecified atom stereocenters. The van der Waals surface area contributed by atoms with E-state index in [0.29, 0.717) is 0 Å². The van der Waals surface area contributed by atoms with Crippen molar-refractivity contribution >= 4 is 37.5 Å². The molecule has 0 saturated carbocycles. The molecule has 0 fully saturated rings. The predicted octanol–water partition coefficient (Wildman–Crippen LogP) is 2.67. The molecular formula is C12H11BrFN3O2S. The Balaban J connectivity index is 2.40. The number of pyridine rings is 1. The van der Waals surface area contributed by atoms with Gasteiger partial charge in [0.05, 0.1) is 5.69 Å². The van der Waals surface area contributed by atoms with Crippen molar-refractivity contribution in [3.8, 4) is 0 Å². The van der Waals surface area contributed by atoms with E-state index in [1.807, 2.05) is 6.92 Å². The van der Waals surface area contributed by atoms with Gasteiger partial charge in [0, 0.05) is 10.7 Å². The lowest BCUT2D eigenvalue weighted by Gasteiger charge is -2.10. The van der Waals surface area contributed by atoms with Crippen LogP contribution in [0, 0.1) is 12.7 Å². The van der Waals surface area contributed by atoms with Crippen molar-refractivity contribution in [2.75, 3.05) is 10.5 Å². The first-order chi connectivity index (χ1) is 9.29. The summed E-state index contributed by atoms with van der Waals surface area (Å²) >= 11 is 3.01. The molecule has 5 nitrogen and oxygen atoms in total. The normalized spacial score (nSPS) is 11.3. The van der Waals surface area contributed by atoms with Gasteiger partial charge in [-0.05, 0) is 46.6 Å². The third kappa shape index (κ3) is 3.07. The summed E-state index contributed by atoms with van der Waals surface area (Å²) in [4.78, 5) is 3.79. The lowest BCUT2D eigenvalue weighted by atomic mass is 10.3. The fraction of sp³-hybridized carbons (Fsp3) is 0.0833. The number of nitrogen functional groups attached to an aromatic ring is 1. The second kappa shape index (κ2) is 5.37. The van der Waals surface area contributed by atoms with Crippen LogP contribution in [0.5, 0.6) is 0 Å². The third-order valence-electron chi connectivity index (χ3n) is 2.49. The van der Waals surface area contributed by atoms with Crippen LogP contribution in [-0.2, 0) is 10.0 Å². The van der Waals surface area contributed by atoms with Gasteiger partial charge >= 0.3 is 0 Å². The average molecular weight is 360 g/mol. The largest absolute Gasteiger partial charge is 0.396 e. The van der Waals surface area contributed by atoms with Gasteiger partial charge in [0.1, 0.15) is 16.5 Å². The minimum atomic E-state index is -3.90. The molecule has 0 saturated heterocycles. The van der Waals surface area contributed by atoms with Crippen LogP contribution < -0.4 is 10.5 Å². The first-order valence-electron chi connectivity index (χ1n) is 5.49. The van der Waals surface area contributed by atoms with Gasteiger partial charge in [0.15, 0.2) is 0 Å². The fourth-order valence-corrected chi connectivity index (χ4v) is 3.53. The standard InChI is InChI=1S/C12H11BrFN3O2S/c1-7-2-3-12(16-6-7)17-20(18,19)11-5-10(15)9(14)4-8(11)13/h2-6H,15H2,1H3,(H,16,17). The van der Waals surface area contributed by atoms with E-state index >= 15 is 0 Å². The van der Waals surface area contributed by atoms with E-state index in [1.54, 1.807) is 6.07 Å². The highest BCUT2D eigenvalue weighted by atomic mass is 79.9. The molecule has 3 N–H and O–H groups in total. The van der Waals surface area contributed by atoms with Crippen molar-refractivity contribution in [3.05, 3.63) is 46.3 Å². The van der Waals surface area contributed by atoms with Gasteiger partial charge in [0.25, 0.3) is 10.0 Å². The zero-order valence-corrected chi connectivity index (χ0v) is 12.8. The molecule has 2 aromatic rings. The van der Waals surface area contributed by atoms with E-state index in [4.69, 9.17) is 5.73 Å². The molecule has 2 rings (SSSR count). The summed E-state index contributed by atoms with van der Waals surface area (Å²) in [5.41, 5.74) is 6.05. The SMILES string of the molecule is Cc1ccc(NS(=O)(=O)c2cc(N)c(F)cc2Br)nc1. The maximum absolute atomic E-state index is 13.2.